The Hall–Kier alpha value is -2.82. The quantitative estimate of drug-likeness (QED) is 0.905. The first-order valence-electron chi connectivity index (χ1n) is 7.99. The molecule has 2 N–H and O–H groups in total. The highest BCUT2D eigenvalue weighted by Crippen LogP contribution is 2.35. The maximum absolute atomic E-state index is 12.5. The summed E-state index contributed by atoms with van der Waals surface area (Å²) in [5, 5.41) is 11.9. The molecule has 0 radical (unpaired) electrons. The van der Waals surface area contributed by atoms with E-state index in [1.807, 2.05) is 18.2 Å². The van der Waals surface area contributed by atoms with Crippen molar-refractivity contribution in [2.75, 3.05) is 6.61 Å². The number of rotatable bonds is 4. The number of ether oxygens (including phenoxy) is 1. The Balaban J connectivity index is 1.80. The first kappa shape index (κ1) is 16.1. The Bertz CT molecular complexity index is 767. The van der Waals surface area contributed by atoms with Gasteiger partial charge in [0, 0.05) is 17.5 Å². The summed E-state index contributed by atoms with van der Waals surface area (Å²) in [6.07, 6.45) is 1.58. The van der Waals surface area contributed by atoms with Crippen molar-refractivity contribution in [2.45, 2.75) is 25.8 Å². The Labute approximate surface area is 140 Å². The molecule has 5 heteroatoms. The fourth-order valence-electron chi connectivity index (χ4n) is 2.92. The molecule has 2 aromatic rings. The number of benzene rings is 2. The van der Waals surface area contributed by atoms with E-state index in [0.717, 1.165) is 23.3 Å². The Kier molecular flexibility index (Phi) is 4.51. The fourth-order valence-corrected chi connectivity index (χ4v) is 2.92. The molecule has 0 aliphatic carbocycles. The highest BCUT2D eigenvalue weighted by molar-refractivity contribution is 5.96. The third-order valence-electron chi connectivity index (χ3n) is 4.24. The van der Waals surface area contributed by atoms with Crippen LogP contribution in [0, 0.1) is 0 Å². The number of hydrogen-bond donors (Lipinski definition) is 2. The highest BCUT2D eigenvalue weighted by Gasteiger charge is 2.25. The summed E-state index contributed by atoms with van der Waals surface area (Å²) < 4.78 is 5.79. The zero-order valence-electron chi connectivity index (χ0n) is 13.4. The van der Waals surface area contributed by atoms with Crippen molar-refractivity contribution >= 4 is 11.9 Å². The molecule has 1 unspecified atom stereocenters. The van der Waals surface area contributed by atoms with Crippen LogP contribution in [0.1, 0.15) is 51.2 Å². The van der Waals surface area contributed by atoms with Crippen molar-refractivity contribution < 1.29 is 19.4 Å². The maximum atomic E-state index is 12.5. The fraction of sp³-hybridized carbons (Fsp3) is 0.263. The van der Waals surface area contributed by atoms with Gasteiger partial charge in [-0.15, -0.1) is 0 Å². The average Bonchev–Trinajstić information content (AvgIpc) is 2.61. The standard InChI is InChI=1S/C19H19NO4/c1-2-12-4-3-5-15-16(10-11-24-17(12)15)20-18(21)13-6-8-14(9-7-13)19(22)23/h3-9,16H,2,10-11H2,1H3,(H,20,21)(H,22,23). The van der Waals surface area contributed by atoms with Crippen molar-refractivity contribution in [3.8, 4) is 5.75 Å². The van der Waals surface area contributed by atoms with E-state index in [-0.39, 0.29) is 17.5 Å². The van der Waals surface area contributed by atoms with Crippen LogP contribution in [0.2, 0.25) is 0 Å². The number of aryl methyl sites for hydroxylation is 1. The summed E-state index contributed by atoms with van der Waals surface area (Å²) in [7, 11) is 0. The molecule has 0 saturated carbocycles. The summed E-state index contributed by atoms with van der Waals surface area (Å²) in [5.41, 5.74) is 2.74. The van der Waals surface area contributed by atoms with Crippen LogP contribution in [0.15, 0.2) is 42.5 Å². The van der Waals surface area contributed by atoms with E-state index in [1.54, 1.807) is 0 Å². The summed E-state index contributed by atoms with van der Waals surface area (Å²) in [5.74, 6) is -0.350. The molecule has 1 atom stereocenters. The number of aromatic carboxylic acids is 1. The van der Waals surface area contributed by atoms with Gasteiger partial charge in [0.1, 0.15) is 5.75 Å². The second kappa shape index (κ2) is 6.74. The smallest absolute Gasteiger partial charge is 0.335 e. The van der Waals surface area contributed by atoms with Crippen LogP contribution in [0.4, 0.5) is 0 Å². The predicted molar refractivity (Wildman–Crippen MR) is 89.5 cm³/mol. The number of carboxylic acid groups (broad SMARTS) is 1. The third-order valence-corrected chi connectivity index (χ3v) is 4.24. The molecule has 1 heterocycles. The van der Waals surface area contributed by atoms with Gasteiger partial charge in [-0.05, 0) is 36.2 Å². The minimum atomic E-state index is -1.01. The molecule has 3 rings (SSSR count). The van der Waals surface area contributed by atoms with Gasteiger partial charge < -0.3 is 15.2 Å². The van der Waals surface area contributed by atoms with Crippen LogP contribution in [-0.2, 0) is 6.42 Å². The topological polar surface area (TPSA) is 75.6 Å². The second-order valence-electron chi connectivity index (χ2n) is 5.73. The minimum absolute atomic E-state index is 0.105. The van der Waals surface area contributed by atoms with Crippen LogP contribution in [0.3, 0.4) is 0 Å². The molecule has 2 aromatic carbocycles. The van der Waals surface area contributed by atoms with E-state index in [2.05, 4.69) is 12.2 Å². The molecule has 124 valence electrons. The molecule has 0 aromatic heterocycles. The lowest BCUT2D eigenvalue weighted by atomic mass is 9.96. The highest BCUT2D eigenvalue weighted by atomic mass is 16.5. The van der Waals surface area contributed by atoms with Gasteiger partial charge in [0.25, 0.3) is 5.91 Å². The van der Waals surface area contributed by atoms with Crippen LogP contribution in [0.5, 0.6) is 5.75 Å². The molecule has 1 amide bonds. The van der Waals surface area contributed by atoms with Crippen molar-refractivity contribution in [3.05, 3.63) is 64.7 Å². The molecular formula is C19H19NO4. The SMILES string of the molecule is CCc1cccc2c1OCCC2NC(=O)c1ccc(C(=O)O)cc1. The van der Waals surface area contributed by atoms with Crippen molar-refractivity contribution in [3.63, 3.8) is 0 Å². The number of fused-ring (bicyclic) bond motifs is 1. The summed E-state index contributed by atoms with van der Waals surface area (Å²) in [4.78, 5) is 23.3. The molecule has 0 fully saturated rings. The largest absolute Gasteiger partial charge is 0.493 e. The van der Waals surface area contributed by atoms with Crippen LogP contribution >= 0.6 is 0 Å². The van der Waals surface area contributed by atoms with Crippen LogP contribution < -0.4 is 10.1 Å². The average molecular weight is 325 g/mol. The van der Waals surface area contributed by atoms with E-state index in [0.29, 0.717) is 18.6 Å². The van der Waals surface area contributed by atoms with E-state index < -0.39 is 5.97 Å². The number of para-hydroxylation sites is 1. The Morgan fingerprint density at radius 2 is 1.88 bits per heavy atom. The minimum Gasteiger partial charge on any atom is -0.493 e. The van der Waals surface area contributed by atoms with E-state index in [9.17, 15) is 9.59 Å². The zero-order valence-corrected chi connectivity index (χ0v) is 13.4. The van der Waals surface area contributed by atoms with Gasteiger partial charge in [0.05, 0.1) is 18.2 Å². The van der Waals surface area contributed by atoms with Crippen LogP contribution in [-0.4, -0.2) is 23.6 Å². The maximum Gasteiger partial charge on any atom is 0.335 e. The summed E-state index contributed by atoms with van der Waals surface area (Å²) >= 11 is 0. The monoisotopic (exact) mass is 325 g/mol. The molecule has 1 aliphatic rings. The normalized spacial score (nSPS) is 16.0. The number of carbonyl (C=O) groups excluding carboxylic acids is 1. The van der Waals surface area contributed by atoms with Crippen molar-refractivity contribution in [2.24, 2.45) is 0 Å². The number of carboxylic acids is 1. The van der Waals surface area contributed by atoms with Crippen molar-refractivity contribution in [1.82, 2.24) is 5.32 Å². The van der Waals surface area contributed by atoms with E-state index in [1.165, 1.54) is 24.3 Å². The summed E-state index contributed by atoms with van der Waals surface area (Å²) in [6, 6.07) is 11.8. The molecule has 0 bridgehead atoms. The molecule has 24 heavy (non-hydrogen) atoms. The molecule has 5 nitrogen and oxygen atoms in total. The number of nitrogens with one attached hydrogen (secondary N) is 1. The number of carbonyl (C=O) groups is 2. The van der Waals surface area contributed by atoms with Gasteiger partial charge in [-0.1, -0.05) is 25.1 Å². The van der Waals surface area contributed by atoms with Gasteiger partial charge in [-0.3, -0.25) is 4.79 Å². The van der Waals surface area contributed by atoms with Gasteiger partial charge in [0.2, 0.25) is 0 Å². The van der Waals surface area contributed by atoms with E-state index >= 15 is 0 Å². The molecule has 1 aliphatic heterocycles. The van der Waals surface area contributed by atoms with Gasteiger partial charge >= 0.3 is 5.97 Å². The Morgan fingerprint density at radius 1 is 1.17 bits per heavy atom. The van der Waals surface area contributed by atoms with Gasteiger partial charge in [-0.25, -0.2) is 4.79 Å². The molecule has 0 saturated heterocycles. The summed E-state index contributed by atoms with van der Waals surface area (Å²) in [6.45, 7) is 2.64. The second-order valence-corrected chi connectivity index (χ2v) is 5.73. The van der Waals surface area contributed by atoms with Gasteiger partial charge in [-0.2, -0.15) is 0 Å². The predicted octanol–water partition coefficient (Wildman–Crippen LogP) is 3.20. The lowest BCUT2D eigenvalue weighted by Crippen LogP contribution is -2.32. The Morgan fingerprint density at radius 3 is 2.54 bits per heavy atom. The number of amides is 1. The molecular weight excluding hydrogens is 306 g/mol. The zero-order chi connectivity index (χ0) is 17.1. The van der Waals surface area contributed by atoms with E-state index in [4.69, 9.17) is 9.84 Å². The van der Waals surface area contributed by atoms with Crippen LogP contribution in [0.25, 0.3) is 0 Å². The first-order chi connectivity index (χ1) is 11.6. The lowest BCUT2D eigenvalue weighted by Gasteiger charge is -2.28. The number of hydrogen-bond acceptors (Lipinski definition) is 3. The lowest BCUT2D eigenvalue weighted by molar-refractivity contribution is 0.0696. The third kappa shape index (κ3) is 3.11. The first-order valence-corrected chi connectivity index (χ1v) is 7.99. The van der Waals surface area contributed by atoms with Gasteiger partial charge in [0.15, 0.2) is 0 Å². The molecule has 0 spiro atoms. The van der Waals surface area contributed by atoms with Crippen molar-refractivity contribution in [1.29, 1.82) is 0 Å².